The Balaban J connectivity index is 2.94. The van der Waals surface area contributed by atoms with Gasteiger partial charge in [-0.3, -0.25) is 0 Å². The van der Waals surface area contributed by atoms with Gasteiger partial charge in [0.2, 0.25) is 0 Å². The van der Waals surface area contributed by atoms with E-state index < -0.39 is 48.1 Å². The predicted molar refractivity (Wildman–Crippen MR) is 57.1 cm³/mol. The Morgan fingerprint density at radius 3 is 2.17 bits per heavy atom. The van der Waals surface area contributed by atoms with Gasteiger partial charge in [-0.05, 0) is 12.1 Å². The highest BCUT2D eigenvalue weighted by molar-refractivity contribution is 5.86. The molecule has 1 aromatic rings. The van der Waals surface area contributed by atoms with Crippen LogP contribution in [0.5, 0.6) is 5.75 Å². The molecule has 23 heavy (non-hydrogen) atoms. The van der Waals surface area contributed by atoms with Crippen molar-refractivity contribution in [2.45, 2.75) is 24.2 Å². The Hall–Kier alpha value is -2.07. The first-order chi connectivity index (χ1) is 10.3. The molecule has 3 nitrogen and oxygen atoms in total. The molecule has 0 aliphatic rings. The van der Waals surface area contributed by atoms with Crippen LogP contribution in [0.4, 0.5) is 35.1 Å². The maximum Gasteiger partial charge on any atom is 0.381 e. The highest BCUT2D eigenvalue weighted by Crippen LogP contribution is 2.48. The van der Waals surface area contributed by atoms with Crippen LogP contribution >= 0.6 is 0 Å². The Labute approximate surface area is 123 Å². The number of halogens is 8. The first kappa shape index (κ1) is 19.0. The molecule has 130 valence electrons. The molecular weight excluding hydrogens is 344 g/mol. The van der Waals surface area contributed by atoms with Gasteiger partial charge in [-0.25, -0.2) is 8.78 Å². The van der Waals surface area contributed by atoms with Gasteiger partial charge in [0.05, 0.1) is 5.97 Å². The lowest BCUT2D eigenvalue weighted by atomic mass is 10.1. The van der Waals surface area contributed by atoms with Gasteiger partial charge in [-0.1, -0.05) is 12.1 Å². The number of alkyl halides is 8. The van der Waals surface area contributed by atoms with E-state index in [0.717, 1.165) is 18.2 Å². The largest absolute Gasteiger partial charge is 0.545 e. The molecule has 0 atom stereocenters. The van der Waals surface area contributed by atoms with Crippen molar-refractivity contribution in [3.63, 3.8) is 0 Å². The molecule has 0 saturated carbocycles. The fourth-order valence-electron chi connectivity index (χ4n) is 1.36. The summed E-state index contributed by atoms with van der Waals surface area (Å²) in [6, 6.07) is 3.41. The Bertz CT molecular complexity index is 573. The molecule has 0 heterocycles. The number of hydrogen-bond donors (Lipinski definition) is 0. The third kappa shape index (κ3) is 3.64. The van der Waals surface area contributed by atoms with Crippen LogP contribution in [0.15, 0.2) is 24.3 Å². The molecule has 0 N–H and O–H groups in total. The van der Waals surface area contributed by atoms with Crippen molar-refractivity contribution in [2.24, 2.45) is 0 Å². The van der Waals surface area contributed by atoms with E-state index in [2.05, 4.69) is 4.74 Å². The number of benzene rings is 1. The summed E-state index contributed by atoms with van der Waals surface area (Å²) in [5.74, 6) is -20.7. The van der Waals surface area contributed by atoms with Gasteiger partial charge in [0.25, 0.3) is 0 Å². The van der Waals surface area contributed by atoms with Crippen LogP contribution in [-0.2, 0) is 0 Å². The number of hydrogen-bond acceptors (Lipinski definition) is 3. The van der Waals surface area contributed by atoms with E-state index in [0.29, 0.717) is 6.07 Å². The molecule has 0 unspecified atom stereocenters. The summed E-state index contributed by atoms with van der Waals surface area (Å²) in [5, 5.41) is 10.5. The molecular formula is C12H7F8O3-. The van der Waals surface area contributed by atoms with Gasteiger partial charge in [0.1, 0.15) is 5.75 Å². The predicted octanol–water partition coefficient (Wildman–Crippen LogP) is 2.60. The van der Waals surface area contributed by atoms with Crippen molar-refractivity contribution in [2.75, 3.05) is 6.61 Å². The minimum atomic E-state index is -6.39. The zero-order chi connectivity index (χ0) is 18.1. The molecule has 0 aliphatic heterocycles. The summed E-state index contributed by atoms with van der Waals surface area (Å²) in [6.45, 7) is -2.38. The molecule has 1 rings (SSSR count). The van der Waals surface area contributed by atoms with Gasteiger partial charge in [0, 0.05) is 5.56 Å². The van der Waals surface area contributed by atoms with E-state index in [9.17, 15) is 45.0 Å². The van der Waals surface area contributed by atoms with Crippen molar-refractivity contribution in [1.29, 1.82) is 0 Å². The Morgan fingerprint density at radius 2 is 1.70 bits per heavy atom. The summed E-state index contributed by atoms with van der Waals surface area (Å²) in [4.78, 5) is 10.5. The molecule has 11 heteroatoms. The molecule has 0 aliphatic carbocycles. The number of aromatic carboxylic acids is 1. The van der Waals surface area contributed by atoms with Crippen molar-refractivity contribution >= 4 is 5.97 Å². The van der Waals surface area contributed by atoms with Crippen molar-refractivity contribution in [3.8, 4) is 5.75 Å². The van der Waals surface area contributed by atoms with Crippen LogP contribution in [0.1, 0.15) is 10.4 Å². The number of rotatable bonds is 7. The van der Waals surface area contributed by atoms with Gasteiger partial charge >= 0.3 is 24.2 Å². The maximum absolute atomic E-state index is 13.2. The van der Waals surface area contributed by atoms with E-state index in [4.69, 9.17) is 0 Å². The van der Waals surface area contributed by atoms with Crippen molar-refractivity contribution in [1.82, 2.24) is 0 Å². The lowest BCUT2D eigenvalue weighted by Crippen LogP contribution is -2.59. The Kier molecular flexibility index (Phi) is 5.12. The first-order valence-corrected chi connectivity index (χ1v) is 5.68. The summed E-state index contributed by atoms with van der Waals surface area (Å²) < 4.78 is 105. The fourth-order valence-corrected chi connectivity index (χ4v) is 1.36. The molecule has 0 spiro atoms. The summed E-state index contributed by atoms with van der Waals surface area (Å²) in [7, 11) is 0. The van der Waals surface area contributed by atoms with E-state index >= 15 is 0 Å². The number of carbonyl (C=O) groups is 1. The van der Waals surface area contributed by atoms with E-state index in [1.807, 2.05) is 0 Å². The van der Waals surface area contributed by atoms with Gasteiger partial charge < -0.3 is 14.6 Å². The molecule has 0 saturated heterocycles. The monoisotopic (exact) mass is 351 g/mol. The fraction of sp³-hybridized carbons (Fsp3) is 0.417. The second kappa shape index (κ2) is 6.20. The summed E-state index contributed by atoms with van der Waals surface area (Å²) in [6.07, 6.45) is -5.02. The van der Waals surface area contributed by atoms with Crippen LogP contribution in [0.2, 0.25) is 0 Å². The maximum atomic E-state index is 13.2. The van der Waals surface area contributed by atoms with Crippen molar-refractivity contribution < 1.29 is 49.8 Å². The summed E-state index contributed by atoms with van der Waals surface area (Å²) >= 11 is 0. The average molecular weight is 351 g/mol. The first-order valence-electron chi connectivity index (χ1n) is 5.68. The smallest absolute Gasteiger partial charge is 0.381 e. The topological polar surface area (TPSA) is 49.4 Å². The summed E-state index contributed by atoms with van der Waals surface area (Å²) in [5.41, 5.74) is -0.560. The minimum absolute atomic E-state index is 0.560. The van der Waals surface area contributed by atoms with Crippen LogP contribution in [0.25, 0.3) is 0 Å². The molecule has 0 radical (unpaired) electrons. The molecule has 0 bridgehead atoms. The standard InChI is InChI=1S/C12H8F8O3/c13-9(14)11(17,18)12(19,20)10(15,16)5-23-7-3-1-2-6(4-7)8(21)22/h1-4,9H,5H2,(H,21,22)/p-1. The lowest BCUT2D eigenvalue weighted by Gasteiger charge is -2.32. The average Bonchev–Trinajstić information content (AvgIpc) is 2.45. The van der Waals surface area contributed by atoms with E-state index in [1.165, 1.54) is 0 Å². The number of ether oxygens (including phenoxy) is 1. The normalized spacial score (nSPS) is 13.3. The number of carboxylic acids is 1. The van der Waals surface area contributed by atoms with Gasteiger partial charge in [-0.15, -0.1) is 0 Å². The lowest BCUT2D eigenvalue weighted by molar-refractivity contribution is -0.342. The van der Waals surface area contributed by atoms with Crippen LogP contribution in [0.3, 0.4) is 0 Å². The van der Waals surface area contributed by atoms with Crippen LogP contribution in [-0.4, -0.2) is 36.8 Å². The zero-order valence-electron chi connectivity index (χ0n) is 10.8. The van der Waals surface area contributed by atoms with E-state index in [1.54, 1.807) is 0 Å². The van der Waals surface area contributed by atoms with Gasteiger partial charge in [0.15, 0.2) is 6.61 Å². The van der Waals surface area contributed by atoms with Crippen molar-refractivity contribution in [3.05, 3.63) is 29.8 Å². The minimum Gasteiger partial charge on any atom is -0.545 e. The quantitative estimate of drug-likeness (QED) is 0.710. The number of carbonyl (C=O) groups excluding carboxylic acids is 1. The van der Waals surface area contributed by atoms with E-state index in [-0.39, 0.29) is 0 Å². The number of carboxylic acid groups (broad SMARTS) is 1. The Morgan fingerprint density at radius 1 is 1.13 bits per heavy atom. The highest BCUT2D eigenvalue weighted by atomic mass is 19.4. The third-order valence-electron chi connectivity index (χ3n) is 2.64. The molecule has 0 aromatic heterocycles. The van der Waals surface area contributed by atoms with Gasteiger partial charge in [-0.2, -0.15) is 26.3 Å². The molecule has 0 amide bonds. The zero-order valence-corrected chi connectivity index (χ0v) is 10.8. The SMILES string of the molecule is O=C([O-])c1cccc(OCC(F)(F)C(F)(F)C(F)(F)C(F)F)c1. The third-order valence-corrected chi connectivity index (χ3v) is 2.64. The second-order valence-corrected chi connectivity index (χ2v) is 4.31. The molecule has 0 fully saturated rings. The second-order valence-electron chi connectivity index (χ2n) is 4.31. The highest BCUT2D eigenvalue weighted by Gasteiger charge is 2.75. The van der Waals surface area contributed by atoms with Crippen LogP contribution in [0, 0.1) is 0 Å². The molecule has 1 aromatic carbocycles. The van der Waals surface area contributed by atoms with Crippen LogP contribution < -0.4 is 9.84 Å².